The summed E-state index contributed by atoms with van der Waals surface area (Å²) in [5.74, 6) is 0.396. The number of fused-ring (bicyclic) bond motifs is 3. The molecule has 1 saturated heterocycles. The minimum atomic E-state index is -0.256. The molecule has 2 heterocycles. The molecule has 1 aromatic heterocycles. The topological polar surface area (TPSA) is 76.5 Å². The molecule has 0 unspecified atom stereocenters. The number of nitrogens with zero attached hydrogens (tertiary/aromatic N) is 3. The van der Waals surface area contributed by atoms with Gasteiger partial charge in [0.2, 0.25) is 5.91 Å². The van der Waals surface area contributed by atoms with Crippen molar-refractivity contribution in [1.82, 2.24) is 14.5 Å². The third-order valence-electron chi connectivity index (χ3n) is 6.66. The standard InChI is InChI=1S/C25H28N4O3/c1-32-15-23(30)27-19-12-21(25(31)29-14-18-7-8-20(29)11-18)24-22(13-19)26-16-28(24)10-9-17-5-3-2-4-6-17/h2-6,12-13,16,18,20H,7-11,14-15H2,1H3,(H,27,30)/t18-,20-/m0/s1. The second-order valence-corrected chi connectivity index (χ2v) is 8.84. The van der Waals surface area contributed by atoms with E-state index in [0.717, 1.165) is 37.9 Å². The minimum absolute atomic E-state index is 0.0338. The SMILES string of the molecule is COCC(=O)Nc1cc(C(=O)N2C[C@H]3CC[C@H]2C3)c2c(c1)ncn2CCc1ccccc1. The van der Waals surface area contributed by atoms with Crippen LogP contribution in [0.25, 0.3) is 11.0 Å². The number of ether oxygens (including phenoxy) is 1. The number of imidazole rings is 1. The Kier molecular flexibility index (Phi) is 5.66. The summed E-state index contributed by atoms with van der Waals surface area (Å²) in [5.41, 5.74) is 3.95. The van der Waals surface area contributed by atoms with Gasteiger partial charge in [0.25, 0.3) is 5.91 Å². The molecule has 32 heavy (non-hydrogen) atoms. The number of methoxy groups -OCH3 is 1. The van der Waals surface area contributed by atoms with Crippen molar-refractivity contribution in [3.8, 4) is 0 Å². The van der Waals surface area contributed by atoms with Crippen molar-refractivity contribution in [2.45, 2.75) is 38.3 Å². The Morgan fingerprint density at radius 1 is 1.19 bits per heavy atom. The van der Waals surface area contributed by atoms with Crippen LogP contribution in [0.4, 0.5) is 5.69 Å². The molecule has 2 aliphatic rings. The molecular weight excluding hydrogens is 404 g/mol. The number of carbonyl (C=O) groups excluding carboxylic acids is 2. The number of rotatable bonds is 7. The van der Waals surface area contributed by atoms with Gasteiger partial charge < -0.3 is 19.5 Å². The van der Waals surface area contributed by atoms with Crippen LogP contribution in [0.1, 0.15) is 35.2 Å². The van der Waals surface area contributed by atoms with Crippen LogP contribution in [-0.4, -0.2) is 52.6 Å². The Bertz CT molecular complexity index is 1140. The minimum Gasteiger partial charge on any atom is -0.375 e. The molecule has 2 fully saturated rings. The number of nitrogens with one attached hydrogen (secondary N) is 1. The smallest absolute Gasteiger partial charge is 0.256 e. The zero-order valence-electron chi connectivity index (χ0n) is 18.3. The number of carbonyl (C=O) groups is 2. The van der Waals surface area contributed by atoms with E-state index in [1.807, 2.05) is 29.2 Å². The monoisotopic (exact) mass is 432 g/mol. The predicted octanol–water partition coefficient (Wildman–Crippen LogP) is 3.49. The first-order valence-corrected chi connectivity index (χ1v) is 11.2. The van der Waals surface area contributed by atoms with E-state index in [9.17, 15) is 9.59 Å². The lowest BCUT2D eigenvalue weighted by molar-refractivity contribution is -0.119. The molecule has 0 radical (unpaired) electrons. The molecule has 1 aliphatic carbocycles. The van der Waals surface area contributed by atoms with Crippen LogP contribution in [-0.2, 0) is 22.5 Å². The molecule has 3 aromatic rings. The van der Waals surface area contributed by atoms with Gasteiger partial charge in [0, 0.05) is 31.9 Å². The average molecular weight is 433 g/mol. The van der Waals surface area contributed by atoms with Gasteiger partial charge in [-0.05, 0) is 49.3 Å². The van der Waals surface area contributed by atoms with Crippen molar-refractivity contribution in [1.29, 1.82) is 0 Å². The van der Waals surface area contributed by atoms with E-state index >= 15 is 0 Å². The molecule has 7 nitrogen and oxygen atoms in total. The predicted molar refractivity (Wildman–Crippen MR) is 123 cm³/mol. The lowest BCUT2D eigenvalue weighted by Gasteiger charge is -2.27. The zero-order chi connectivity index (χ0) is 22.1. The summed E-state index contributed by atoms with van der Waals surface area (Å²) in [6.45, 7) is 1.51. The number of piperidine rings is 1. The van der Waals surface area contributed by atoms with Crippen LogP contribution in [0.3, 0.4) is 0 Å². The van der Waals surface area contributed by atoms with Gasteiger partial charge in [0.05, 0.1) is 22.9 Å². The molecule has 1 aliphatic heterocycles. The number of aryl methyl sites for hydroxylation is 2. The van der Waals surface area contributed by atoms with Gasteiger partial charge in [-0.15, -0.1) is 0 Å². The molecule has 2 bridgehead atoms. The Morgan fingerprint density at radius 2 is 2.03 bits per heavy atom. The van der Waals surface area contributed by atoms with E-state index in [0.29, 0.717) is 28.7 Å². The first-order chi connectivity index (χ1) is 15.6. The molecule has 2 amide bonds. The normalized spacial score (nSPS) is 19.6. The third-order valence-corrected chi connectivity index (χ3v) is 6.66. The second kappa shape index (κ2) is 8.74. The molecule has 2 atom stereocenters. The quantitative estimate of drug-likeness (QED) is 0.620. The van der Waals surface area contributed by atoms with E-state index in [1.54, 1.807) is 12.4 Å². The van der Waals surface area contributed by atoms with Crippen LogP contribution >= 0.6 is 0 Å². The zero-order valence-corrected chi connectivity index (χ0v) is 18.3. The van der Waals surface area contributed by atoms with Crippen molar-refractivity contribution in [2.24, 2.45) is 5.92 Å². The summed E-state index contributed by atoms with van der Waals surface area (Å²) < 4.78 is 6.99. The van der Waals surface area contributed by atoms with Crippen LogP contribution < -0.4 is 5.32 Å². The van der Waals surface area contributed by atoms with Gasteiger partial charge in [0.15, 0.2) is 0 Å². The number of hydrogen-bond acceptors (Lipinski definition) is 4. The molecule has 1 saturated carbocycles. The van der Waals surface area contributed by atoms with E-state index in [4.69, 9.17) is 4.74 Å². The summed E-state index contributed by atoms with van der Waals surface area (Å²) in [5, 5.41) is 2.84. The van der Waals surface area contributed by atoms with Crippen LogP contribution in [0, 0.1) is 5.92 Å². The van der Waals surface area contributed by atoms with Crippen molar-refractivity contribution in [3.63, 3.8) is 0 Å². The number of anilines is 1. The molecule has 0 spiro atoms. The summed E-state index contributed by atoms with van der Waals surface area (Å²) in [6.07, 6.45) is 6.04. The first kappa shape index (κ1) is 20.7. The molecule has 166 valence electrons. The van der Waals surface area contributed by atoms with Crippen LogP contribution in [0.15, 0.2) is 48.8 Å². The summed E-state index contributed by atoms with van der Waals surface area (Å²) in [7, 11) is 1.48. The van der Waals surface area contributed by atoms with Crippen LogP contribution in [0.5, 0.6) is 0 Å². The van der Waals surface area contributed by atoms with Gasteiger partial charge >= 0.3 is 0 Å². The fourth-order valence-corrected chi connectivity index (χ4v) is 5.16. The van der Waals surface area contributed by atoms with Crippen molar-refractivity contribution >= 4 is 28.5 Å². The first-order valence-electron chi connectivity index (χ1n) is 11.2. The van der Waals surface area contributed by atoms with Crippen LogP contribution in [0.2, 0.25) is 0 Å². The number of amides is 2. The number of benzene rings is 2. The molecule has 7 heteroatoms. The van der Waals surface area contributed by atoms with E-state index in [1.165, 1.54) is 19.1 Å². The van der Waals surface area contributed by atoms with Crippen molar-refractivity contribution < 1.29 is 14.3 Å². The van der Waals surface area contributed by atoms with Gasteiger partial charge in [0.1, 0.15) is 6.61 Å². The van der Waals surface area contributed by atoms with Gasteiger partial charge in [-0.1, -0.05) is 30.3 Å². The highest BCUT2D eigenvalue weighted by Gasteiger charge is 2.41. The van der Waals surface area contributed by atoms with Crippen molar-refractivity contribution in [3.05, 3.63) is 59.9 Å². The lowest BCUT2D eigenvalue weighted by atomic mass is 10.1. The summed E-state index contributed by atoms with van der Waals surface area (Å²) in [4.78, 5) is 32.4. The summed E-state index contributed by atoms with van der Waals surface area (Å²) >= 11 is 0. The highest BCUT2D eigenvalue weighted by Crippen LogP contribution is 2.39. The fourth-order valence-electron chi connectivity index (χ4n) is 5.16. The van der Waals surface area contributed by atoms with E-state index < -0.39 is 0 Å². The Morgan fingerprint density at radius 3 is 2.75 bits per heavy atom. The average Bonchev–Trinajstić information content (AvgIpc) is 3.53. The maximum absolute atomic E-state index is 13.7. The Labute approximate surface area is 187 Å². The number of hydrogen-bond donors (Lipinski definition) is 1. The highest BCUT2D eigenvalue weighted by atomic mass is 16.5. The van der Waals surface area contributed by atoms with E-state index in [-0.39, 0.29) is 18.4 Å². The Balaban J connectivity index is 1.50. The highest BCUT2D eigenvalue weighted by molar-refractivity contribution is 6.08. The van der Waals surface area contributed by atoms with Crippen molar-refractivity contribution in [2.75, 3.05) is 25.6 Å². The largest absolute Gasteiger partial charge is 0.375 e. The Hall–Kier alpha value is -3.19. The number of aromatic nitrogens is 2. The van der Waals surface area contributed by atoms with Gasteiger partial charge in [-0.2, -0.15) is 0 Å². The van der Waals surface area contributed by atoms with Gasteiger partial charge in [-0.25, -0.2) is 4.98 Å². The lowest BCUT2D eigenvalue weighted by Crippen LogP contribution is -2.38. The third kappa shape index (κ3) is 4.00. The number of likely N-dealkylation sites (tertiary alicyclic amines) is 1. The van der Waals surface area contributed by atoms with E-state index in [2.05, 4.69) is 27.0 Å². The molecular formula is C25H28N4O3. The fraction of sp³-hybridized carbons (Fsp3) is 0.400. The van der Waals surface area contributed by atoms with Gasteiger partial charge in [-0.3, -0.25) is 9.59 Å². The molecule has 2 aromatic carbocycles. The molecule has 5 rings (SSSR count). The summed E-state index contributed by atoms with van der Waals surface area (Å²) in [6, 6.07) is 14.2. The maximum Gasteiger partial charge on any atom is 0.256 e. The molecule has 1 N–H and O–H groups in total. The maximum atomic E-state index is 13.7. The second-order valence-electron chi connectivity index (χ2n) is 8.84.